The average Bonchev–Trinajstić information content (AvgIpc) is 2.26. The van der Waals surface area contributed by atoms with Crippen LogP contribution in [-0.4, -0.2) is 30.2 Å². The van der Waals surface area contributed by atoms with E-state index >= 15 is 0 Å². The van der Waals surface area contributed by atoms with Gasteiger partial charge in [0.05, 0.1) is 11.8 Å². The molecule has 4 nitrogen and oxygen atoms in total. The fourth-order valence-corrected chi connectivity index (χ4v) is 1.11. The zero-order valence-electron chi connectivity index (χ0n) is 8.88. The van der Waals surface area contributed by atoms with E-state index in [0.29, 0.717) is 5.71 Å². The normalized spacial score (nSPS) is 13.4. The van der Waals surface area contributed by atoms with Gasteiger partial charge in [0.2, 0.25) is 0 Å². The molecule has 1 unspecified atom stereocenters. The Hall–Kier alpha value is -1.68. The molecule has 4 heteroatoms. The summed E-state index contributed by atoms with van der Waals surface area (Å²) >= 11 is 0. The molecule has 2 N–H and O–H groups in total. The minimum atomic E-state index is -0.728. The van der Waals surface area contributed by atoms with Crippen LogP contribution in [-0.2, 0) is 0 Å². The van der Waals surface area contributed by atoms with E-state index in [4.69, 9.17) is 5.41 Å². The Bertz CT molecular complexity index is 346. The first-order valence-electron chi connectivity index (χ1n) is 4.71. The molecule has 1 rings (SSSR count). The molecule has 0 heterocycles. The lowest BCUT2D eigenvalue weighted by molar-refractivity contribution is 0.264. The predicted octanol–water partition coefficient (Wildman–Crippen LogP) is 1.51. The Morgan fingerprint density at radius 2 is 2.07 bits per heavy atom. The first kappa shape index (κ1) is 11.4. The Morgan fingerprint density at radius 3 is 2.53 bits per heavy atom. The van der Waals surface area contributed by atoms with E-state index < -0.39 is 6.10 Å². The van der Waals surface area contributed by atoms with Crippen LogP contribution in [0.5, 0.6) is 0 Å². The second-order valence-corrected chi connectivity index (χ2v) is 3.20. The van der Waals surface area contributed by atoms with Crippen LogP contribution in [0.15, 0.2) is 35.4 Å². The Kier molecular flexibility index (Phi) is 4.00. The Morgan fingerprint density at radius 1 is 1.47 bits per heavy atom. The molecule has 0 saturated carbocycles. The number of hydrogen-bond donors (Lipinski definition) is 2. The molecule has 0 aliphatic rings. The zero-order valence-corrected chi connectivity index (χ0v) is 8.88. The number of nitrogens with zero attached hydrogens (tertiary/aromatic N) is 2. The molecular weight excluding hydrogens is 190 g/mol. The minimum absolute atomic E-state index is 0.335. The van der Waals surface area contributed by atoms with Gasteiger partial charge in [-0.15, -0.1) is 0 Å². The molecule has 0 spiro atoms. The van der Waals surface area contributed by atoms with Gasteiger partial charge in [-0.3, -0.25) is 5.01 Å². The molecule has 0 aliphatic heterocycles. The van der Waals surface area contributed by atoms with E-state index in [1.54, 1.807) is 19.0 Å². The monoisotopic (exact) mass is 205 g/mol. The van der Waals surface area contributed by atoms with Crippen molar-refractivity contribution in [3.8, 4) is 0 Å². The summed E-state index contributed by atoms with van der Waals surface area (Å²) in [5.41, 5.74) is 1.25. The highest BCUT2D eigenvalue weighted by atomic mass is 16.3. The average molecular weight is 205 g/mol. The highest BCUT2D eigenvalue weighted by Crippen LogP contribution is 2.11. The van der Waals surface area contributed by atoms with Crippen molar-refractivity contribution >= 4 is 17.6 Å². The SMILES string of the molecule is CC(O)/C(C=N)=N/N(C)c1ccccc1. The van der Waals surface area contributed by atoms with Gasteiger partial charge in [0.25, 0.3) is 0 Å². The van der Waals surface area contributed by atoms with Crippen LogP contribution >= 0.6 is 0 Å². The second-order valence-electron chi connectivity index (χ2n) is 3.20. The highest BCUT2D eigenvalue weighted by molar-refractivity contribution is 6.31. The van der Waals surface area contributed by atoms with Gasteiger partial charge in [0.1, 0.15) is 5.71 Å². The molecule has 15 heavy (non-hydrogen) atoms. The molecule has 0 bridgehead atoms. The van der Waals surface area contributed by atoms with Crippen molar-refractivity contribution in [2.24, 2.45) is 5.10 Å². The molecule has 0 aromatic heterocycles. The minimum Gasteiger partial charge on any atom is -0.387 e. The molecule has 1 aromatic rings. The largest absolute Gasteiger partial charge is 0.387 e. The molecule has 0 saturated heterocycles. The summed E-state index contributed by atoms with van der Waals surface area (Å²) in [6.07, 6.45) is 0.332. The molecular formula is C11H15N3O. The number of anilines is 1. The summed E-state index contributed by atoms with van der Waals surface area (Å²) in [7, 11) is 1.78. The van der Waals surface area contributed by atoms with E-state index in [9.17, 15) is 5.11 Å². The van der Waals surface area contributed by atoms with Gasteiger partial charge in [-0.05, 0) is 19.1 Å². The fourth-order valence-electron chi connectivity index (χ4n) is 1.11. The topological polar surface area (TPSA) is 59.7 Å². The maximum absolute atomic E-state index is 9.30. The van der Waals surface area contributed by atoms with Gasteiger partial charge in [-0.25, -0.2) is 0 Å². The van der Waals surface area contributed by atoms with Crippen LogP contribution in [0, 0.1) is 5.41 Å². The van der Waals surface area contributed by atoms with E-state index in [1.165, 1.54) is 0 Å². The number of aliphatic hydroxyl groups excluding tert-OH is 1. The van der Waals surface area contributed by atoms with Crippen LogP contribution in [0.25, 0.3) is 0 Å². The van der Waals surface area contributed by atoms with E-state index in [2.05, 4.69) is 5.10 Å². The summed E-state index contributed by atoms with van der Waals surface area (Å²) in [6, 6.07) is 9.56. The van der Waals surface area contributed by atoms with Crippen LogP contribution < -0.4 is 5.01 Å². The van der Waals surface area contributed by atoms with E-state index in [0.717, 1.165) is 11.9 Å². The predicted molar refractivity (Wildman–Crippen MR) is 62.7 cm³/mol. The lowest BCUT2D eigenvalue weighted by Gasteiger charge is -2.15. The standard InChI is InChI=1S/C11H15N3O/c1-9(15)11(8-12)13-14(2)10-6-4-3-5-7-10/h3-9,12,15H,1-2H3/b12-8?,13-11+. The number of benzene rings is 1. The number of hydrazone groups is 1. The smallest absolute Gasteiger partial charge is 0.107 e. The van der Waals surface area contributed by atoms with Gasteiger partial charge < -0.3 is 10.5 Å². The van der Waals surface area contributed by atoms with Crippen molar-refractivity contribution in [1.82, 2.24) is 0 Å². The lowest BCUT2D eigenvalue weighted by Crippen LogP contribution is -2.22. The lowest BCUT2D eigenvalue weighted by atomic mass is 10.3. The van der Waals surface area contributed by atoms with Gasteiger partial charge in [0, 0.05) is 13.3 Å². The van der Waals surface area contributed by atoms with Crippen molar-refractivity contribution in [3.63, 3.8) is 0 Å². The number of hydrogen-bond acceptors (Lipinski definition) is 4. The summed E-state index contributed by atoms with van der Waals surface area (Å²) in [6.45, 7) is 1.59. The Balaban J connectivity index is 2.86. The number of nitrogens with one attached hydrogen (secondary N) is 1. The first-order chi connectivity index (χ1) is 7.15. The third-order valence-electron chi connectivity index (χ3n) is 1.97. The quantitative estimate of drug-likeness (QED) is 0.578. The summed E-state index contributed by atoms with van der Waals surface area (Å²) in [5, 5.41) is 22.2. The van der Waals surface area contributed by atoms with Crippen LogP contribution in [0.1, 0.15) is 6.92 Å². The molecule has 0 radical (unpaired) electrons. The highest BCUT2D eigenvalue weighted by Gasteiger charge is 2.05. The zero-order chi connectivity index (χ0) is 11.3. The van der Waals surface area contributed by atoms with Crippen molar-refractivity contribution in [3.05, 3.63) is 30.3 Å². The molecule has 0 aliphatic carbocycles. The van der Waals surface area contributed by atoms with Gasteiger partial charge >= 0.3 is 0 Å². The Labute approximate surface area is 89.4 Å². The summed E-state index contributed by atoms with van der Waals surface area (Å²) in [4.78, 5) is 0. The van der Waals surface area contributed by atoms with Gasteiger partial charge in [-0.1, -0.05) is 18.2 Å². The molecule has 0 fully saturated rings. The van der Waals surface area contributed by atoms with Crippen LogP contribution in [0.4, 0.5) is 5.69 Å². The second kappa shape index (κ2) is 5.26. The maximum atomic E-state index is 9.30. The van der Waals surface area contributed by atoms with E-state index in [1.807, 2.05) is 30.3 Å². The molecule has 80 valence electrons. The molecule has 1 atom stereocenters. The summed E-state index contributed by atoms with van der Waals surface area (Å²) < 4.78 is 0. The van der Waals surface area contributed by atoms with Gasteiger partial charge in [-0.2, -0.15) is 5.10 Å². The summed E-state index contributed by atoms with van der Waals surface area (Å²) in [5.74, 6) is 0. The first-order valence-corrected chi connectivity index (χ1v) is 4.71. The molecule has 0 amide bonds. The van der Waals surface area contributed by atoms with Crippen molar-refractivity contribution < 1.29 is 5.11 Å². The van der Waals surface area contributed by atoms with Crippen molar-refractivity contribution in [2.45, 2.75) is 13.0 Å². The number of aliphatic hydroxyl groups is 1. The number of para-hydroxylation sites is 1. The van der Waals surface area contributed by atoms with E-state index in [-0.39, 0.29) is 0 Å². The van der Waals surface area contributed by atoms with Gasteiger partial charge in [0.15, 0.2) is 0 Å². The third kappa shape index (κ3) is 3.18. The van der Waals surface area contributed by atoms with Crippen molar-refractivity contribution in [2.75, 3.05) is 12.1 Å². The van der Waals surface area contributed by atoms with Crippen LogP contribution in [0.3, 0.4) is 0 Å². The third-order valence-corrected chi connectivity index (χ3v) is 1.97. The number of rotatable bonds is 4. The van der Waals surface area contributed by atoms with Crippen LogP contribution in [0.2, 0.25) is 0 Å². The molecule has 1 aromatic carbocycles. The van der Waals surface area contributed by atoms with Crippen molar-refractivity contribution in [1.29, 1.82) is 5.41 Å². The fraction of sp³-hybridized carbons (Fsp3) is 0.273. The maximum Gasteiger partial charge on any atom is 0.107 e.